The highest BCUT2D eigenvalue weighted by molar-refractivity contribution is 7.92. The van der Waals surface area contributed by atoms with Gasteiger partial charge in [-0.15, -0.1) is 23.7 Å². The van der Waals surface area contributed by atoms with Crippen molar-refractivity contribution in [1.29, 1.82) is 0 Å². The summed E-state index contributed by atoms with van der Waals surface area (Å²) in [5.74, 6) is 0. The molecule has 0 amide bonds. The zero-order chi connectivity index (χ0) is 15.7. The number of anilines is 2. The summed E-state index contributed by atoms with van der Waals surface area (Å²) in [6.07, 6.45) is 3.04. The fraction of sp³-hybridized carbons (Fsp3) is 0.357. The van der Waals surface area contributed by atoms with Gasteiger partial charge in [0.1, 0.15) is 0 Å². The third-order valence-corrected chi connectivity index (χ3v) is 5.62. The Balaban J connectivity index is 0.00000192. The van der Waals surface area contributed by atoms with Crippen LogP contribution in [0.3, 0.4) is 0 Å². The molecule has 0 saturated carbocycles. The maximum atomic E-state index is 12.1. The van der Waals surface area contributed by atoms with E-state index in [9.17, 15) is 8.42 Å². The molecular weight excluding hydrogens is 356 g/mol. The van der Waals surface area contributed by atoms with Crippen molar-refractivity contribution in [2.24, 2.45) is 0 Å². The first-order valence-corrected chi connectivity index (χ1v) is 9.58. The van der Waals surface area contributed by atoms with Gasteiger partial charge in [-0.1, -0.05) is 18.2 Å². The number of nitrogens with two attached hydrogens (primary N) is 1. The van der Waals surface area contributed by atoms with E-state index in [1.54, 1.807) is 6.20 Å². The lowest BCUT2D eigenvalue weighted by molar-refractivity contribution is 0.272. The van der Waals surface area contributed by atoms with Crippen LogP contribution in [0.4, 0.5) is 10.8 Å². The Kier molecular flexibility index (Phi) is 5.51. The van der Waals surface area contributed by atoms with Crippen molar-refractivity contribution in [3.05, 3.63) is 40.9 Å². The second-order valence-corrected chi connectivity index (χ2v) is 8.39. The van der Waals surface area contributed by atoms with E-state index in [4.69, 9.17) is 5.73 Å². The van der Waals surface area contributed by atoms with Crippen LogP contribution in [0.5, 0.6) is 0 Å². The quantitative estimate of drug-likeness (QED) is 0.887. The topological polar surface area (TPSA) is 79.5 Å². The lowest BCUT2D eigenvalue weighted by atomic mass is 10.1. The minimum Gasteiger partial charge on any atom is -0.375 e. The number of aromatic nitrogens is 1. The second-order valence-electron chi connectivity index (χ2n) is 5.34. The van der Waals surface area contributed by atoms with E-state index in [1.165, 1.54) is 21.9 Å². The number of fused-ring (bicyclic) bond motifs is 1. The van der Waals surface area contributed by atoms with Crippen LogP contribution in [0.1, 0.15) is 10.4 Å². The van der Waals surface area contributed by atoms with Gasteiger partial charge in [-0.25, -0.2) is 13.4 Å². The van der Waals surface area contributed by atoms with E-state index in [0.717, 1.165) is 22.7 Å². The summed E-state index contributed by atoms with van der Waals surface area (Å²) in [6, 6.07) is 7.65. The number of thiazole rings is 1. The number of hydrogen-bond acceptors (Lipinski definition) is 6. The van der Waals surface area contributed by atoms with Gasteiger partial charge in [0.2, 0.25) is 10.0 Å². The number of nitrogens with zero attached hydrogens (tertiary/aromatic N) is 3. The predicted octanol–water partition coefficient (Wildman–Crippen LogP) is 1.93. The summed E-state index contributed by atoms with van der Waals surface area (Å²) >= 11 is 1.47. The number of para-hydroxylation sites is 1. The Morgan fingerprint density at radius 2 is 2.04 bits per heavy atom. The highest BCUT2D eigenvalue weighted by Crippen LogP contribution is 2.28. The van der Waals surface area contributed by atoms with Crippen LogP contribution in [-0.4, -0.2) is 37.6 Å². The third kappa shape index (κ3) is 4.14. The molecular formula is C14H19ClN4O2S2. The molecule has 1 aliphatic rings. The number of halogens is 1. The van der Waals surface area contributed by atoms with E-state index in [0.29, 0.717) is 24.8 Å². The minimum absolute atomic E-state index is 0. The molecule has 2 heterocycles. The van der Waals surface area contributed by atoms with Gasteiger partial charge in [-0.05, 0) is 11.6 Å². The molecule has 2 N–H and O–H groups in total. The van der Waals surface area contributed by atoms with E-state index >= 15 is 0 Å². The molecule has 23 heavy (non-hydrogen) atoms. The molecule has 3 rings (SSSR count). The molecule has 2 aromatic rings. The number of rotatable bonds is 3. The van der Waals surface area contributed by atoms with Gasteiger partial charge in [0, 0.05) is 37.3 Å². The van der Waals surface area contributed by atoms with Gasteiger partial charge in [0.05, 0.1) is 11.9 Å². The lowest BCUT2D eigenvalue weighted by Gasteiger charge is -2.22. The first-order chi connectivity index (χ1) is 10.4. The third-order valence-electron chi connectivity index (χ3n) is 3.62. The molecule has 0 aliphatic carbocycles. The van der Waals surface area contributed by atoms with E-state index in [1.807, 2.05) is 24.3 Å². The average Bonchev–Trinajstić information content (AvgIpc) is 2.75. The first kappa shape index (κ1) is 18.0. The monoisotopic (exact) mass is 374 g/mol. The maximum Gasteiger partial charge on any atom is 0.232 e. The van der Waals surface area contributed by atoms with E-state index < -0.39 is 10.0 Å². The second kappa shape index (κ2) is 7.04. The molecule has 0 saturated heterocycles. The van der Waals surface area contributed by atoms with Crippen LogP contribution in [0.2, 0.25) is 0 Å². The summed E-state index contributed by atoms with van der Waals surface area (Å²) in [7, 11) is -3.28. The van der Waals surface area contributed by atoms with E-state index in [-0.39, 0.29) is 12.4 Å². The lowest BCUT2D eigenvalue weighted by Crippen LogP contribution is -2.35. The fourth-order valence-corrected chi connectivity index (χ4v) is 4.33. The molecule has 1 aromatic carbocycles. The molecule has 0 unspecified atom stereocenters. The largest absolute Gasteiger partial charge is 0.375 e. The highest BCUT2D eigenvalue weighted by Gasteiger charge is 2.25. The predicted molar refractivity (Wildman–Crippen MR) is 96.5 cm³/mol. The molecule has 0 atom stereocenters. The van der Waals surface area contributed by atoms with E-state index in [2.05, 4.69) is 9.88 Å². The number of nitrogen functional groups attached to an aromatic ring is 1. The van der Waals surface area contributed by atoms with Crippen molar-refractivity contribution in [1.82, 2.24) is 9.88 Å². The zero-order valence-electron chi connectivity index (χ0n) is 12.7. The van der Waals surface area contributed by atoms with Gasteiger partial charge >= 0.3 is 0 Å². The minimum atomic E-state index is -3.28. The Labute approximate surface area is 146 Å². The van der Waals surface area contributed by atoms with Gasteiger partial charge in [0.25, 0.3) is 0 Å². The summed E-state index contributed by atoms with van der Waals surface area (Å²) in [5.41, 5.74) is 7.46. The van der Waals surface area contributed by atoms with Crippen molar-refractivity contribution < 1.29 is 8.42 Å². The number of hydrogen-bond donors (Lipinski definition) is 1. The van der Waals surface area contributed by atoms with Gasteiger partial charge in [-0.2, -0.15) is 0 Å². The molecule has 0 fully saturated rings. The summed E-state index contributed by atoms with van der Waals surface area (Å²) in [4.78, 5) is 7.37. The average molecular weight is 375 g/mol. The van der Waals surface area contributed by atoms with Gasteiger partial charge in [-0.3, -0.25) is 9.21 Å². The van der Waals surface area contributed by atoms with Gasteiger partial charge < -0.3 is 5.73 Å². The summed E-state index contributed by atoms with van der Waals surface area (Å²) < 4.78 is 25.6. The van der Waals surface area contributed by atoms with Crippen molar-refractivity contribution in [3.63, 3.8) is 0 Å². The van der Waals surface area contributed by atoms with Crippen LogP contribution >= 0.6 is 23.7 Å². The smallest absolute Gasteiger partial charge is 0.232 e. The fourth-order valence-electron chi connectivity index (χ4n) is 2.66. The van der Waals surface area contributed by atoms with Crippen molar-refractivity contribution in [2.75, 3.05) is 29.4 Å². The van der Waals surface area contributed by atoms with Crippen LogP contribution < -0.4 is 10.0 Å². The SMILES string of the molecule is CS(=O)(=O)N1CCN(Cc2cnc(N)s2)Cc2ccccc21.Cl. The van der Waals surface area contributed by atoms with Gasteiger partial charge in [0.15, 0.2) is 5.13 Å². The zero-order valence-corrected chi connectivity index (χ0v) is 15.1. The Morgan fingerprint density at radius 3 is 2.70 bits per heavy atom. The highest BCUT2D eigenvalue weighted by atomic mass is 35.5. The molecule has 1 aliphatic heterocycles. The molecule has 9 heteroatoms. The normalized spacial score (nSPS) is 15.6. The Hall–Kier alpha value is -1.35. The van der Waals surface area contributed by atoms with Crippen molar-refractivity contribution >= 4 is 44.6 Å². The summed E-state index contributed by atoms with van der Waals surface area (Å²) in [6.45, 7) is 2.55. The molecule has 0 spiro atoms. The molecule has 6 nitrogen and oxygen atoms in total. The summed E-state index contributed by atoms with van der Waals surface area (Å²) in [5, 5.41) is 0.558. The Bertz CT molecular complexity index is 779. The van der Waals surface area contributed by atoms with Crippen molar-refractivity contribution in [3.8, 4) is 0 Å². The van der Waals surface area contributed by atoms with Crippen molar-refractivity contribution in [2.45, 2.75) is 13.1 Å². The van der Waals surface area contributed by atoms with Crippen LogP contribution in [-0.2, 0) is 23.1 Å². The maximum absolute atomic E-state index is 12.1. The first-order valence-electron chi connectivity index (χ1n) is 6.91. The van der Waals surface area contributed by atoms with Crippen LogP contribution in [0.15, 0.2) is 30.5 Å². The van der Waals surface area contributed by atoms with Crippen LogP contribution in [0, 0.1) is 0 Å². The number of benzene rings is 1. The number of sulfonamides is 1. The molecule has 0 radical (unpaired) electrons. The Morgan fingerprint density at radius 1 is 1.30 bits per heavy atom. The molecule has 0 bridgehead atoms. The van der Waals surface area contributed by atoms with Crippen LogP contribution in [0.25, 0.3) is 0 Å². The standard InChI is InChI=1S/C14H18N4O2S2.ClH/c1-22(19,20)18-7-6-17(10-12-8-16-14(15)21-12)9-11-4-2-3-5-13(11)18;/h2-5,8H,6-7,9-10H2,1H3,(H2,15,16);1H. The molecule has 1 aromatic heterocycles. The molecule has 126 valence electrons.